The Bertz CT molecular complexity index is 1340. The maximum atomic E-state index is 12.3. The number of unbranched alkanes of at least 4 members (excludes halogenated alkanes) is 4. The fraction of sp³-hybridized carbons (Fsp3) is 0.515. The molecule has 1 heterocycles. The van der Waals surface area contributed by atoms with Crippen LogP contribution < -0.4 is 15.4 Å². The number of ether oxygens (including phenoxy) is 1. The molecule has 0 saturated heterocycles. The van der Waals surface area contributed by atoms with Gasteiger partial charge in [-0.1, -0.05) is 43.9 Å². The van der Waals surface area contributed by atoms with Gasteiger partial charge in [-0.25, -0.2) is 0 Å². The minimum Gasteiger partial charge on any atom is -0.504 e. The molecule has 3 atom stereocenters. The summed E-state index contributed by atoms with van der Waals surface area (Å²) in [7, 11) is 1.52. The molecule has 2 bridgehead atoms. The van der Waals surface area contributed by atoms with Gasteiger partial charge in [-0.05, 0) is 92.2 Å². The molecular formula is C33H42ClN3O3. The van der Waals surface area contributed by atoms with Crippen molar-refractivity contribution in [3.63, 3.8) is 0 Å². The van der Waals surface area contributed by atoms with E-state index in [1.807, 2.05) is 12.1 Å². The molecule has 0 aliphatic heterocycles. The molecule has 0 radical (unpaired) electrons. The van der Waals surface area contributed by atoms with Gasteiger partial charge in [-0.2, -0.15) is 0 Å². The minimum absolute atomic E-state index is 0.0578. The van der Waals surface area contributed by atoms with E-state index in [2.05, 4.69) is 23.6 Å². The molecule has 3 N–H and O–H groups in total. The molecule has 2 aromatic carbocycles. The van der Waals surface area contributed by atoms with Crippen LogP contribution in [0.3, 0.4) is 0 Å². The summed E-state index contributed by atoms with van der Waals surface area (Å²) in [6.07, 6.45) is 10.8. The highest BCUT2D eigenvalue weighted by Gasteiger charge is 2.36. The van der Waals surface area contributed by atoms with Crippen molar-refractivity contribution in [3.8, 4) is 11.5 Å². The van der Waals surface area contributed by atoms with Crippen LogP contribution in [0, 0.1) is 11.8 Å². The summed E-state index contributed by atoms with van der Waals surface area (Å²) in [6, 6.07) is 11.2. The molecule has 40 heavy (non-hydrogen) atoms. The number of hydrogen-bond acceptors (Lipinski definition) is 5. The Kier molecular flexibility index (Phi) is 9.36. The first kappa shape index (κ1) is 28.5. The topological polar surface area (TPSA) is 83.5 Å². The van der Waals surface area contributed by atoms with Crippen LogP contribution in [0.1, 0.15) is 87.4 Å². The second kappa shape index (κ2) is 13.1. The molecule has 0 spiro atoms. The van der Waals surface area contributed by atoms with Crippen molar-refractivity contribution in [2.45, 2.75) is 83.6 Å². The number of fused-ring (bicyclic) bond motifs is 5. The highest BCUT2D eigenvalue weighted by Crippen LogP contribution is 2.49. The van der Waals surface area contributed by atoms with Gasteiger partial charge < -0.3 is 20.5 Å². The Balaban J connectivity index is 1.07. The summed E-state index contributed by atoms with van der Waals surface area (Å²) in [5.74, 6) is 2.72. The number of anilines is 1. The third kappa shape index (κ3) is 6.83. The molecule has 1 fully saturated rings. The van der Waals surface area contributed by atoms with Gasteiger partial charge in [0.2, 0.25) is 5.91 Å². The Morgan fingerprint density at radius 3 is 2.75 bits per heavy atom. The number of nitrogens with zero attached hydrogens (tertiary/aromatic N) is 1. The number of phenols is 1. The van der Waals surface area contributed by atoms with E-state index in [1.54, 1.807) is 18.2 Å². The number of pyridine rings is 1. The molecular weight excluding hydrogens is 522 g/mol. The quantitative estimate of drug-likeness (QED) is 0.196. The lowest BCUT2D eigenvalue weighted by Gasteiger charge is -2.40. The molecule has 2 aliphatic carbocycles. The number of benzene rings is 2. The van der Waals surface area contributed by atoms with E-state index in [9.17, 15) is 9.90 Å². The molecule has 1 saturated carbocycles. The van der Waals surface area contributed by atoms with Crippen molar-refractivity contribution in [3.05, 3.63) is 58.2 Å². The number of hydrogen-bond donors (Lipinski definition) is 3. The van der Waals surface area contributed by atoms with Crippen LogP contribution in [-0.4, -0.2) is 29.7 Å². The van der Waals surface area contributed by atoms with E-state index >= 15 is 0 Å². The molecule has 1 amide bonds. The molecule has 1 unspecified atom stereocenters. The highest BCUT2D eigenvalue weighted by molar-refractivity contribution is 6.31. The van der Waals surface area contributed by atoms with Gasteiger partial charge in [-0.3, -0.25) is 9.78 Å². The fourth-order valence-corrected chi connectivity index (χ4v) is 6.95. The number of carbonyl (C=O) groups is 1. The molecule has 214 valence electrons. The number of nitrogens with one attached hydrogen (secondary N) is 2. The lowest BCUT2D eigenvalue weighted by Crippen LogP contribution is -2.29. The SMILES string of the molecule is COc1cc(CNC(=O)CCCCCCCNc2c3c(nc4cc(Cl)ccc24)C[C@H]2CC(C)C[C@@H]3C2)ccc1O. The monoisotopic (exact) mass is 563 g/mol. The van der Waals surface area contributed by atoms with Crippen molar-refractivity contribution in [2.75, 3.05) is 19.0 Å². The van der Waals surface area contributed by atoms with Crippen LogP contribution in [0.5, 0.6) is 11.5 Å². The van der Waals surface area contributed by atoms with E-state index in [1.165, 1.54) is 48.7 Å². The Morgan fingerprint density at radius 1 is 1.07 bits per heavy atom. The lowest BCUT2D eigenvalue weighted by atomic mass is 9.66. The molecule has 2 aliphatic rings. The van der Waals surface area contributed by atoms with E-state index in [4.69, 9.17) is 21.3 Å². The van der Waals surface area contributed by atoms with Crippen LogP contribution in [0.25, 0.3) is 10.9 Å². The van der Waals surface area contributed by atoms with Crippen LogP contribution in [0.2, 0.25) is 5.02 Å². The summed E-state index contributed by atoms with van der Waals surface area (Å²) in [5, 5.41) is 18.4. The lowest BCUT2D eigenvalue weighted by molar-refractivity contribution is -0.121. The van der Waals surface area contributed by atoms with E-state index in [0.29, 0.717) is 24.6 Å². The van der Waals surface area contributed by atoms with Gasteiger partial charge in [0.05, 0.1) is 12.6 Å². The number of aromatic nitrogens is 1. The number of rotatable bonds is 12. The summed E-state index contributed by atoms with van der Waals surface area (Å²) in [4.78, 5) is 17.4. The first-order valence-electron chi connectivity index (χ1n) is 14.9. The zero-order valence-electron chi connectivity index (χ0n) is 23.8. The maximum Gasteiger partial charge on any atom is 0.220 e. The summed E-state index contributed by atoms with van der Waals surface area (Å²) in [5.41, 5.74) is 5.95. The third-order valence-electron chi connectivity index (χ3n) is 8.61. The highest BCUT2D eigenvalue weighted by atomic mass is 35.5. The zero-order chi connectivity index (χ0) is 28.1. The predicted octanol–water partition coefficient (Wildman–Crippen LogP) is 7.75. The van der Waals surface area contributed by atoms with E-state index in [0.717, 1.165) is 73.0 Å². The predicted molar refractivity (Wildman–Crippen MR) is 162 cm³/mol. The second-order valence-corrected chi connectivity index (χ2v) is 12.3. The molecule has 6 nitrogen and oxygen atoms in total. The van der Waals surface area contributed by atoms with Crippen LogP contribution in [0.4, 0.5) is 5.69 Å². The number of aromatic hydroxyl groups is 1. The van der Waals surface area contributed by atoms with Crippen molar-refractivity contribution in [2.24, 2.45) is 11.8 Å². The minimum atomic E-state index is 0.0578. The van der Waals surface area contributed by atoms with Crippen molar-refractivity contribution in [1.82, 2.24) is 10.3 Å². The number of halogens is 1. The Hall–Kier alpha value is -2.99. The summed E-state index contributed by atoms with van der Waals surface area (Å²) >= 11 is 6.34. The standard InChI is InChI=1S/C33H42ClN3O3/c1-21-14-23-16-24(15-21)32-28(17-23)37-27-19-25(34)10-11-26(27)33(32)35-13-7-5-3-4-6-8-31(39)36-20-22-9-12-29(38)30(18-22)40-2/h9-12,18-19,21,23-24,38H,3-8,13-17,20H2,1-2H3,(H,35,37)(H,36,39)/t21?,23-,24+/m0/s1. The van der Waals surface area contributed by atoms with Gasteiger partial charge >= 0.3 is 0 Å². The maximum absolute atomic E-state index is 12.3. The van der Waals surface area contributed by atoms with Gasteiger partial charge in [-0.15, -0.1) is 0 Å². The molecule has 7 heteroatoms. The smallest absolute Gasteiger partial charge is 0.220 e. The largest absolute Gasteiger partial charge is 0.504 e. The molecule has 5 rings (SSSR count). The first-order valence-corrected chi connectivity index (χ1v) is 15.3. The Morgan fingerprint density at radius 2 is 1.90 bits per heavy atom. The Labute approximate surface area is 242 Å². The average molecular weight is 564 g/mol. The molecule has 1 aromatic heterocycles. The average Bonchev–Trinajstić information content (AvgIpc) is 2.92. The van der Waals surface area contributed by atoms with Crippen LogP contribution in [0.15, 0.2) is 36.4 Å². The molecule has 3 aromatic rings. The first-order chi connectivity index (χ1) is 19.4. The van der Waals surface area contributed by atoms with Crippen molar-refractivity contribution >= 4 is 34.1 Å². The van der Waals surface area contributed by atoms with Gasteiger partial charge in [0.25, 0.3) is 0 Å². The number of carbonyl (C=O) groups excluding carboxylic acids is 1. The third-order valence-corrected chi connectivity index (χ3v) is 8.85. The van der Waals surface area contributed by atoms with Gasteiger partial charge in [0, 0.05) is 46.9 Å². The van der Waals surface area contributed by atoms with E-state index < -0.39 is 0 Å². The summed E-state index contributed by atoms with van der Waals surface area (Å²) in [6.45, 7) is 3.78. The zero-order valence-corrected chi connectivity index (χ0v) is 24.5. The van der Waals surface area contributed by atoms with Crippen molar-refractivity contribution < 1.29 is 14.6 Å². The summed E-state index contributed by atoms with van der Waals surface area (Å²) < 4.78 is 5.13. The van der Waals surface area contributed by atoms with Crippen LogP contribution >= 0.6 is 11.6 Å². The normalized spacial score (nSPS) is 19.7. The van der Waals surface area contributed by atoms with Gasteiger partial charge in [0.15, 0.2) is 11.5 Å². The fourth-order valence-electron chi connectivity index (χ4n) is 6.79. The van der Waals surface area contributed by atoms with Crippen molar-refractivity contribution in [1.29, 1.82) is 0 Å². The second-order valence-electron chi connectivity index (χ2n) is 11.8. The number of phenolic OH excluding ortho intramolecular Hbond substituents is 1. The van der Waals surface area contributed by atoms with E-state index in [-0.39, 0.29) is 11.7 Å². The number of amides is 1. The number of methoxy groups -OCH3 is 1. The van der Waals surface area contributed by atoms with Crippen LogP contribution in [-0.2, 0) is 17.8 Å². The van der Waals surface area contributed by atoms with Gasteiger partial charge in [0.1, 0.15) is 0 Å².